The molecule has 2 aromatic rings. The van der Waals surface area contributed by atoms with Crippen LogP contribution < -0.4 is 10.6 Å². The van der Waals surface area contributed by atoms with Crippen molar-refractivity contribution in [2.75, 3.05) is 5.32 Å². The number of halogens is 2. The number of nitrogens with zero attached hydrogens (tertiary/aromatic N) is 3. The number of amides is 2. The van der Waals surface area contributed by atoms with Crippen LogP contribution in [0.2, 0.25) is 0 Å². The van der Waals surface area contributed by atoms with Crippen molar-refractivity contribution < 1.29 is 13.6 Å². The van der Waals surface area contributed by atoms with Crippen molar-refractivity contribution in [2.45, 2.75) is 40.3 Å². The standard InChI is InChI=1S/C16H21F2N5O/c1-10(2)8-23-9-13(14(22-23)15(17)18)21-16(24)20-7-12-5-4-6-19-11(12)3/h4-6,9-10,15H,7-8H2,1-3H3,(H2,20,21,24). The second kappa shape index (κ2) is 7.85. The molecule has 0 atom stereocenters. The zero-order chi connectivity index (χ0) is 17.7. The molecule has 2 aromatic heterocycles. The third-order valence-corrected chi connectivity index (χ3v) is 3.35. The molecule has 0 saturated heterocycles. The van der Waals surface area contributed by atoms with Crippen molar-refractivity contribution in [3.05, 3.63) is 41.5 Å². The van der Waals surface area contributed by atoms with Crippen LogP contribution in [-0.4, -0.2) is 20.8 Å². The average molecular weight is 337 g/mol. The van der Waals surface area contributed by atoms with Gasteiger partial charge in [0.05, 0.1) is 5.69 Å². The quantitative estimate of drug-likeness (QED) is 0.847. The predicted molar refractivity (Wildman–Crippen MR) is 86.9 cm³/mol. The lowest BCUT2D eigenvalue weighted by Crippen LogP contribution is -2.28. The van der Waals surface area contributed by atoms with Crippen LogP contribution in [-0.2, 0) is 13.1 Å². The highest BCUT2D eigenvalue weighted by atomic mass is 19.3. The first-order valence-electron chi connectivity index (χ1n) is 7.67. The summed E-state index contributed by atoms with van der Waals surface area (Å²) >= 11 is 0. The number of hydrogen-bond donors (Lipinski definition) is 2. The highest BCUT2D eigenvalue weighted by Gasteiger charge is 2.20. The molecule has 0 aliphatic heterocycles. The molecule has 0 unspecified atom stereocenters. The SMILES string of the molecule is Cc1ncccc1CNC(=O)Nc1cn(CC(C)C)nc1C(F)F. The van der Waals surface area contributed by atoms with Gasteiger partial charge in [-0.25, -0.2) is 13.6 Å². The molecule has 130 valence electrons. The molecule has 0 bridgehead atoms. The van der Waals surface area contributed by atoms with Gasteiger partial charge in [-0.2, -0.15) is 5.10 Å². The number of pyridine rings is 1. The lowest BCUT2D eigenvalue weighted by molar-refractivity contribution is 0.145. The molecular formula is C16H21F2N5O. The van der Waals surface area contributed by atoms with Crippen molar-refractivity contribution in [1.82, 2.24) is 20.1 Å². The largest absolute Gasteiger partial charge is 0.334 e. The number of aromatic nitrogens is 3. The van der Waals surface area contributed by atoms with Gasteiger partial charge in [0.15, 0.2) is 5.69 Å². The van der Waals surface area contributed by atoms with Gasteiger partial charge < -0.3 is 10.6 Å². The Kier molecular flexibility index (Phi) is 5.83. The van der Waals surface area contributed by atoms with Crippen molar-refractivity contribution in [3.63, 3.8) is 0 Å². The minimum Gasteiger partial charge on any atom is -0.334 e. The molecule has 2 heterocycles. The Balaban J connectivity index is 2.02. The molecule has 2 N–H and O–H groups in total. The van der Waals surface area contributed by atoms with Gasteiger partial charge in [-0.15, -0.1) is 0 Å². The summed E-state index contributed by atoms with van der Waals surface area (Å²) in [5.74, 6) is 0.255. The normalized spacial score (nSPS) is 11.1. The minimum atomic E-state index is -2.76. The van der Waals surface area contributed by atoms with E-state index in [4.69, 9.17) is 0 Å². The van der Waals surface area contributed by atoms with E-state index in [0.717, 1.165) is 11.3 Å². The number of alkyl halides is 2. The average Bonchev–Trinajstić information content (AvgIpc) is 2.88. The second-order valence-corrected chi connectivity index (χ2v) is 5.90. The molecule has 2 rings (SSSR count). The van der Waals surface area contributed by atoms with Crippen molar-refractivity contribution in [1.29, 1.82) is 0 Å². The Morgan fingerprint density at radius 3 is 2.75 bits per heavy atom. The van der Waals surface area contributed by atoms with E-state index in [-0.39, 0.29) is 18.2 Å². The van der Waals surface area contributed by atoms with E-state index in [1.807, 2.05) is 26.8 Å². The maximum Gasteiger partial charge on any atom is 0.319 e. The van der Waals surface area contributed by atoms with E-state index in [2.05, 4.69) is 20.7 Å². The summed E-state index contributed by atoms with van der Waals surface area (Å²) in [6.45, 7) is 6.51. The summed E-state index contributed by atoms with van der Waals surface area (Å²) in [5.41, 5.74) is 1.25. The summed E-state index contributed by atoms with van der Waals surface area (Å²) in [5, 5.41) is 8.92. The monoisotopic (exact) mass is 337 g/mol. The Morgan fingerprint density at radius 1 is 1.38 bits per heavy atom. The van der Waals surface area contributed by atoms with Gasteiger partial charge in [0.25, 0.3) is 6.43 Å². The highest BCUT2D eigenvalue weighted by molar-refractivity contribution is 5.89. The molecule has 0 spiro atoms. The third-order valence-electron chi connectivity index (χ3n) is 3.35. The van der Waals surface area contributed by atoms with Crippen LogP contribution in [0.5, 0.6) is 0 Å². The minimum absolute atomic E-state index is 0.0195. The number of nitrogens with one attached hydrogen (secondary N) is 2. The molecule has 0 aliphatic carbocycles. The first-order valence-corrected chi connectivity index (χ1v) is 7.67. The zero-order valence-electron chi connectivity index (χ0n) is 13.9. The number of hydrogen-bond acceptors (Lipinski definition) is 3. The summed E-state index contributed by atoms with van der Waals surface area (Å²) in [6, 6.07) is 3.05. The van der Waals surface area contributed by atoms with E-state index in [0.29, 0.717) is 6.54 Å². The molecule has 0 aliphatic rings. The van der Waals surface area contributed by atoms with Gasteiger partial charge in [-0.1, -0.05) is 19.9 Å². The van der Waals surface area contributed by atoms with Crippen LogP contribution in [0, 0.1) is 12.8 Å². The molecule has 2 amide bonds. The van der Waals surface area contributed by atoms with Crippen LogP contribution >= 0.6 is 0 Å². The Morgan fingerprint density at radius 2 is 2.12 bits per heavy atom. The van der Waals surface area contributed by atoms with E-state index >= 15 is 0 Å². The molecule has 8 heteroatoms. The van der Waals surface area contributed by atoms with Crippen molar-refractivity contribution >= 4 is 11.7 Å². The topological polar surface area (TPSA) is 71.8 Å². The van der Waals surface area contributed by atoms with Crippen LogP contribution in [0.4, 0.5) is 19.3 Å². The van der Waals surface area contributed by atoms with E-state index in [1.165, 1.54) is 10.9 Å². The number of carbonyl (C=O) groups is 1. The van der Waals surface area contributed by atoms with Crippen LogP contribution in [0.1, 0.15) is 37.2 Å². The van der Waals surface area contributed by atoms with Gasteiger partial charge in [-0.3, -0.25) is 9.67 Å². The summed E-state index contributed by atoms with van der Waals surface area (Å²) in [7, 11) is 0. The lowest BCUT2D eigenvalue weighted by atomic mass is 10.2. The van der Waals surface area contributed by atoms with Crippen LogP contribution in [0.25, 0.3) is 0 Å². The molecule has 6 nitrogen and oxygen atoms in total. The van der Waals surface area contributed by atoms with Crippen molar-refractivity contribution in [2.24, 2.45) is 5.92 Å². The predicted octanol–water partition coefficient (Wildman–Crippen LogP) is 3.50. The maximum atomic E-state index is 13.1. The second-order valence-electron chi connectivity index (χ2n) is 5.90. The Hall–Kier alpha value is -2.51. The van der Waals surface area contributed by atoms with Crippen LogP contribution in [0.3, 0.4) is 0 Å². The molecule has 24 heavy (non-hydrogen) atoms. The fourth-order valence-corrected chi connectivity index (χ4v) is 2.21. The van der Waals surface area contributed by atoms with E-state index < -0.39 is 18.2 Å². The van der Waals surface area contributed by atoms with Gasteiger partial charge in [-0.05, 0) is 24.5 Å². The smallest absolute Gasteiger partial charge is 0.319 e. The first-order chi connectivity index (χ1) is 11.4. The van der Waals surface area contributed by atoms with Crippen LogP contribution in [0.15, 0.2) is 24.5 Å². The highest BCUT2D eigenvalue weighted by Crippen LogP contribution is 2.25. The van der Waals surface area contributed by atoms with Gasteiger partial charge in [0.1, 0.15) is 0 Å². The molecule has 0 radical (unpaired) electrons. The van der Waals surface area contributed by atoms with Gasteiger partial charge in [0.2, 0.25) is 0 Å². The summed E-state index contributed by atoms with van der Waals surface area (Å²) in [4.78, 5) is 16.1. The maximum absolute atomic E-state index is 13.1. The number of carbonyl (C=O) groups excluding carboxylic acids is 1. The van der Waals surface area contributed by atoms with E-state index in [9.17, 15) is 13.6 Å². The number of rotatable bonds is 6. The fraction of sp³-hybridized carbons (Fsp3) is 0.438. The Labute approximate surface area is 139 Å². The van der Waals surface area contributed by atoms with Gasteiger partial charge >= 0.3 is 6.03 Å². The van der Waals surface area contributed by atoms with Crippen molar-refractivity contribution in [3.8, 4) is 0 Å². The number of aryl methyl sites for hydroxylation is 1. The number of urea groups is 1. The zero-order valence-corrected chi connectivity index (χ0v) is 13.9. The first kappa shape index (κ1) is 17.8. The molecule has 0 aromatic carbocycles. The fourth-order valence-electron chi connectivity index (χ4n) is 2.21. The molecule has 0 saturated carbocycles. The van der Waals surface area contributed by atoms with E-state index in [1.54, 1.807) is 12.3 Å². The Bertz CT molecular complexity index is 700. The third kappa shape index (κ3) is 4.74. The molecular weight excluding hydrogens is 316 g/mol. The lowest BCUT2D eigenvalue weighted by Gasteiger charge is -2.08. The number of anilines is 1. The summed E-state index contributed by atoms with van der Waals surface area (Å²) in [6.07, 6.45) is 0.335. The summed E-state index contributed by atoms with van der Waals surface area (Å²) < 4.78 is 27.6. The molecule has 0 fully saturated rings. The van der Waals surface area contributed by atoms with Gasteiger partial charge in [0, 0.05) is 31.2 Å².